The Bertz CT molecular complexity index is 633. The Morgan fingerprint density at radius 2 is 1.86 bits per heavy atom. The van der Waals surface area contributed by atoms with Gasteiger partial charge in [-0.1, -0.05) is 42.5 Å². The highest BCUT2D eigenvalue weighted by molar-refractivity contribution is 5.67. The standard InChI is InChI=1S/C17H16N2O2/c18-12-16-8-4-7-14(11-16)9-10-19-17(20)21-13-15-5-2-1-3-6-15/h1-8,11H,9-10,13H2,(H,19,20). The highest BCUT2D eigenvalue weighted by atomic mass is 16.5. The number of carbonyl (C=O) groups excluding carboxylic acids is 1. The molecule has 0 saturated carbocycles. The summed E-state index contributed by atoms with van der Waals surface area (Å²) in [4.78, 5) is 11.5. The second-order valence-electron chi connectivity index (χ2n) is 4.55. The molecule has 1 N–H and O–H groups in total. The number of nitrogens with zero attached hydrogens (tertiary/aromatic N) is 1. The van der Waals surface area contributed by atoms with Crippen LogP contribution in [-0.2, 0) is 17.8 Å². The lowest BCUT2D eigenvalue weighted by Gasteiger charge is -2.07. The number of benzene rings is 2. The minimum absolute atomic E-state index is 0.261. The molecule has 0 unspecified atom stereocenters. The highest BCUT2D eigenvalue weighted by Crippen LogP contribution is 2.04. The Labute approximate surface area is 124 Å². The van der Waals surface area contributed by atoms with Crippen molar-refractivity contribution < 1.29 is 9.53 Å². The first-order valence-electron chi connectivity index (χ1n) is 6.71. The van der Waals surface area contributed by atoms with Crippen LogP contribution in [0.1, 0.15) is 16.7 Å². The second kappa shape index (κ2) is 7.71. The SMILES string of the molecule is N#Cc1cccc(CCNC(=O)OCc2ccccc2)c1. The molecule has 4 heteroatoms. The summed E-state index contributed by atoms with van der Waals surface area (Å²) < 4.78 is 5.11. The summed E-state index contributed by atoms with van der Waals surface area (Å²) in [6, 6.07) is 19.0. The molecule has 0 fully saturated rings. The molecular formula is C17H16N2O2. The summed E-state index contributed by atoms with van der Waals surface area (Å²) in [5, 5.41) is 11.5. The number of carbonyl (C=O) groups is 1. The molecular weight excluding hydrogens is 264 g/mol. The Hall–Kier alpha value is -2.80. The molecule has 4 nitrogen and oxygen atoms in total. The number of hydrogen-bond acceptors (Lipinski definition) is 3. The van der Waals surface area contributed by atoms with E-state index in [1.54, 1.807) is 6.07 Å². The predicted octanol–water partition coefficient (Wildman–Crippen LogP) is 3.03. The van der Waals surface area contributed by atoms with Crippen molar-refractivity contribution in [3.05, 3.63) is 71.3 Å². The number of rotatable bonds is 5. The van der Waals surface area contributed by atoms with E-state index in [1.807, 2.05) is 48.5 Å². The average molecular weight is 280 g/mol. The molecule has 2 aromatic carbocycles. The van der Waals surface area contributed by atoms with Gasteiger partial charge in [-0.05, 0) is 29.7 Å². The van der Waals surface area contributed by atoms with Gasteiger partial charge in [-0.25, -0.2) is 4.79 Å². The van der Waals surface area contributed by atoms with Crippen molar-refractivity contribution >= 4 is 6.09 Å². The van der Waals surface area contributed by atoms with E-state index >= 15 is 0 Å². The molecule has 106 valence electrons. The van der Waals surface area contributed by atoms with Gasteiger partial charge in [-0.2, -0.15) is 5.26 Å². The maximum absolute atomic E-state index is 11.5. The molecule has 0 bridgehead atoms. The third kappa shape index (κ3) is 5.00. The van der Waals surface area contributed by atoms with Gasteiger partial charge in [0.2, 0.25) is 0 Å². The van der Waals surface area contributed by atoms with Crippen molar-refractivity contribution in [2.24, 2.45) is 0 Å². The minimum Gasteiger partial charge on any atom is -0.445 e. The summed E-state index contributed by atoms with van der Waals surface area (Å²) in [5.74, 6) is 0. The van der Waals surface area contributed by atoms with Crippen molar-refractivity contribution in [1.82, 2.24) is 5.32 Å². The molecule has 0 saturated heterocycles. The Balaban J connectivity index is 1.71. The van der Waals surface area contributed by atoms with Crippen LogP contribution >= 0.6 is 0 Å². The predicted molar refractivity (Wildman–Crippen MR) is 79.5 cm³/mol. The van der Waals surface area contributed by atoms with E-state index in [1.165, 1.54) is 0 Å². The van der Waals surface area contributed by atoms with E-state index in [4.69, 9.17) is 10.00 Å². The van der Waals surface area contributed by atoms with Crippen LogP contribution in [-0.4, -0.2) is 12.6 Å². The van der Waals surface area contributed by atoms with Gasteiger partial charge in [0.25, 0.3) is 0 Å². The van der Waals surface area contributed by atoms with Gasteiger partial charge in [0.05, 0.1) is 11.6 Å². The van der Waals surface area contributed by atoms with Gasteiger partial charge in [-0.15, -0.1) is 0 Å². The molecule has 0 heterocycles. The fourth-order valence-electron chi connectivity index (χ4n) is 1.88. The van der Waals surface area contributed by atoms with E-state index in [9.17, 15) is 4.79 Å². The average Bonchev–Trinajstić information content (AvgIpc) is 2.54. The van der Waals surface area contributed by atoms with Crippen LogP contribution in [0.2, 0.25) is 0 Å². The Morgan fingerprint density at radius 3 is 2.62 bits per heavy atom. The van der Waals surface area contributed by atoms with Crippen LogP contribution in [0.4, 0.5) is 4.79 Å². The van der Waals surface area contributed by atoms with Gasteiger partial charge in [-0.3, -0.25) is 0 Å². The first kappa shape index (κ1) is 14.6. The molecule has 0 radical (unpaired) electrons. The first-order valence-corrected chi connectivity index (χ1v) is 6.71. The topological polar surface area (TPSA) is 62.1 Å². The number of nitriles is 1. The molecule has 0 atom stereocenters. The molecule has 0 aliphatic rings. The van der Waals surface area contributed by atoms with E-state index in [2.05, 4.69) is 11.4 Å². The van der Waals surface area contributed by atoms with Crippen molar-refractivity contribution in [3.8, 4) is 6.07 Å². The van der Waals surface area contributed by atoms with E-state index in [-0.39, 0.29) is 6.61 Å². The van der Waals surface area contributed by atoms with Gasteiger partial charge < -0.3 is 10.1 Å². The van der Waals surface area contributed by atoms with Crippen LogP contribution < -0.4 is 5.32 Å². The first-order chi connectivity index (χ1) is 10.3. The lowest BCUT2D eigenvalue weighted by Crippen LogP contribution is -2.26. The van der Waals surface area contributed by atoms with Crippen LogP contribution in [0.3, 0.4) is 0 Å². The third-order valence-electron chi connectivity index (χ3n) is 2.95. The third-order valence-corrected chi connectivity index (χ3v) is 2.95. The summed E-state index contributed by atoms with van der Waals surface area (Å²) in [7, 11) is 0. The number of amides is 1. The van der Waals surface area contributed by atoms with Gasteiger partial charge in [0.1, 0.15) is 6.61 Å². The molecule has 0 aliphatic heterocycles. The molecule has 1 amide bonds. The molecule has 2 rings (SSSR count). The fourth-order valence-corrected chi connectivity index (χ4v) is 1.88. The number of nitrogens with one attached hydrogen (secondary N) is 1. The zero-order chi connectivity index (χ0) is 14.9. The molecule has 0 aromatic heterocycles. The van der Waals surface area contributed by atoms with Gasteiger partial charge >= 0.3 is 6.09 Å². The highest BCUT2D eigenvalue weighted by Gasteiger charge is 2.02. The maximum atomic E-state index is 11.5. The van der Waals surface area contributed by atoms with Crippen molar-refractivity contribution in [2.75, 3.05) is 6.54 Å². The second-order valence-corrected chi connectivity index (χ2v) is 4.55. The van der Waals surface area contributed by atoms with Crippen LogP contribution in [0.25, 0.3) is 0 Å². The molecule has 21 heavy (non-hydrogen) atoms. The zero-order valence-electron chi connectivity index (χ0n) is 11.6. The lowest BCUT2D eigenvalue weighted by atomic mass is 10.1. The fraction of sp³-hybridized carbons (Fsp3) is 0.176. The molecule has 2 aromatic rings. The zero-order valence-corrected chi connectivity index (χ0v) is 11.6. The van der Waals surface area contributed by atoms with Crippen molar-refractivity contribution in [3.63, 3.8) is 0 Å². The minimum atomic E-state index is -0.435. The number of ether oxygens (including phenoxy) is 1. The van der Waals surface area contributed by atoms with Crippen LogP contribution in [0.15, 0.2) is 54.6 Å². The van der Waals surface area contributed by atoms with Crippen molar-refractivity contribution in [1.29, 1.82) is 5.26 Å². The summed E-state index contributed by atoms with van der Waals surface area (Å²) in [6.07, 6.45) is 0.228. The van der Waals surface area contributed by atoms with Gasteiger partial charge in [0.15, 0.2) is 0 Å². The van der Waals surface area contributed by atoms with Crippen LogP contribution in [0, 0.1) is 11.3 Å². The Kier molecular flexibility index (Phi) is 5.36. The smallest absolute Gasteiger partial charge is 0.407 e. The maximum Gasteiger partial charge on any atom is 0.407 e. The quantitative estimate of drug-likeness (QED) is 0.915. The van der Waals surface area contributed by atoms with E-state index < -0.39 is 6.09 Å². The van der Waals surface area contributed by atoms with Crippen LogP contribution in [0.5, 0.6) is 0 Å². The monoisotopic (exact) mass is 280 g/mol. The summed E-state index contributed by atoms with van der Waals surface area (Å²) >= 11 is 0. The lowest BCUT2D eigenvalue weighted by molar-refractivity contribution is 0.140. The summed E-state index contributed by atoms with van der Waals surface area (Å²) in [6.45, 7) is 0.735. The van der Waals surface area contributed by atoms with E-state index in [0.717, 1.165) is 11.1 Å². The number of alkyl carbamates (subject to hydrolysis) is 1. The van der Waals surface area contributed by atoms with Gasteiger partial charge in [0, 0.05) is 6.54 Å². The Morgan fingerprint density at radius 1 is 1.10 bits per heavy atom. The summed E-state index contributed by atoms with van der Waals surface area (Å²) in [5.41, 5.74) is 2.59. The largest absolute Gasteiger partial charge is 0.445 e. The number of hydrogen-bond donors (Lipinski definition) is 1. The molecule has 0 aliphatic carbocycles. The molecule has 0 spiro atoms. The normalized spacial score (nSPS) is 9.67. The van der Waals surface area contributed by atoms with E-state index in [0.29, 0.717) is 18.5 Å². The van der Waals surface area contributed by atoms with Crippen molar-refractivity contribution in [2.45, 2.75) is 13.0 Å².